The second-order valence-corrected chi connectivity index (χ2v) is 5.25. The summed E-state index contributed by atoms with van der Waals surface area (Å²) in [6.07, 6.45) is 5.72. The van der Waals surface area contributed by atoms with E-state index in [0.29, 0.717) is 6.61 Å². The van der Waals surface area contributed by atoms with Crippen LogP contribution in [0.4, 0.5) is 0 Å². The fraction of sp³-hybridized carbons (Fsp3) is 0.600. The van der Waals surface area contributed by atoms with Crippen molar-refractivity contribution in [2.45, 2.75) is 32.1 Å². The molecule has 2 rings (SSSR count). The van der Waals surface area contributed by atoms with Crippen LogP contribution in [0.15, 0.2) is 30.3 Å². The number of nitrogens with one attached hydrogen (secondary N) is 1. The molecule has 2 N–H and O–H groups in total. The summed E-state index contributed by atoms with van der Waals surface area (Å²) in [5, 5.41) is 13.0. The van der Waals surface area contributed by atoms with Crippen LogP contribution in [-0.4, -0.2) is 24.8 Å². The second kappa shape index (κ2) is 7.78. The van der Waals surface area contributed by atoms with Gasteiger partial charge in [-0.2, -0.15) is 0 Å². The number of hydrogen-bond acceptors (Lipinski definition) is 2. The van der Waals surface area contributed by atoms with E-state index in [2.05, 4.69) is 35.6 Å². The Balaban J connectivity index is 0.00000162. The number of aryl methyl sites for hydroxylation is 1. The minimum atomic E-state index is 0. The van der Waals surface area contributed by atoms with Gasteiger partial charge in [0, 0.05) is 6.61 Å². The lowest BCUT2D eigenvalue weighted by Crippen LogP contribution is -2.39. The molecule has 1 aliphatic heterocycles. The molecule has 0 amide bonds. The molecule has 1 fully saturated rings. The Labute approximate surface area is 116 Å². The quantitative estimate of drug-likeness (QED) is 0.862. The van der Waals surface area contributed by atoms with E-state index in [1.807, 2.05) is 0 Å². The van der Waals surface area contributed by atoms with Gasteiger partial charge in [0.05, 0.1) is 0 Å². The molecule has 102 valence electrons. The molecule has 0 aliphatic carbocycles. The first kappa shape index (κ1) is 15.5. The van der Waals surface area contributed by atoms with Crippen molar-refractivity contribution in [2.24, 2.45) is 5.41 Å². The molecule has 0 atom stereocenters. The van der Waals surface area contributed by atoms with Gasteiger partial charge in [-0.25, -0.2) is 0 Å². The average Bonchev–Trinajstić information content (AvgIpc) is 2.41. The fourth-order valence-electron chi connectivity index (χ4n) is 2.76. The third kappa shape index (κ3) is 4.27. The molecule has 3 heteroatoms. The number of rotatable bonds is 5. The molecule has 0 saturated carbocycles. The third-order valence-corrected chi connectivity index (χ3v) is 4.02. The van der Waals surface area contributed by atoms with E-state index in [-0.39, 0.29) is 17.8 Å². The molecule has 1 aliphatic rings. The van der Waals surface area contributed by atoms with Crippen LogP contribution in [0.2, 0.25) is 0 Å². The van der Waals surface area contributed by atoms with Crippen molar-refractivity contribution in [2.75, 3.05) is 19.7 Å². The zero-order valence-electron chi connectivity index (χ0n) is 10.9. The molecule has 0 aromatic heterocycles. The van der Waals surface area contributed by atoms with E-state index < -0.39 is 0 Å². The second-order valence-electron chi connectivity index (χ2n) is 5.25. The Morgan fingerprint density at radius 2 is 1.78 bits per heavy atom. The van der Waals surface area contributed by atoms with Crippen LogP contribution in [0.5, 0.6) is 0 Å². The number of aliphatic hydroxyl groups is 1. The van der Waals surface area contributed by atoms with Crippen molar-refractivity contribution in [3.63, 3.8) is 0 Å². The summed E-state index contributed by atoms with van der Waals surface area (Å²) in [7, 11) is 0. The molecule has 0 radical (unpaired) electrons. The van der Waals surface area contributed by atoms with Gasteiger partial charge in [-0.15, -0.1) is 12.4 Å². The molecular formula is C15H24ClNO. The first-order valence-electron chi connectivity index (χ1n) is 6.70. The normalized spacial score (nSPS) is 18.1. The predicted octanol–water partition coefficient (Wildman–Crippen LogP) is 2.79. The molecule has 1 aromatic rings. The molecule has 0 spiro atoms. The Morgan fingerprint density at radius 1 is 1.11 bits per heavy atom. The molecule has 1 aromatic carbocycles. The highest BCUT2D eigenvalue weighted by Crippen LogP contribution is 2.33. The van der Waals surface area contributed by atoms with Gasteiger partial charge in [-0.3, -0.25) is 0 Å². The summed E-state index contributed by atoms with van der Waals surface area (Å²) < 4.78 is 0. The number of aliphatic hydroxyl groups excluding tert-OH is 1. The highest BCUT2D eigenvalue weighted by molar-refractivity contribution is 5.85. The number of piperidine rings is 1. The van der Waals surface area contributed by atoms with Gasteiger partial charge in [0.15, 0.2) is 0 Å². The largest absolute Gasteiger partial charge is 0.396 e. The Bertz CT molecular complexity index is 323. The summed E-state index contributed by atoms with van der Waals surface area (Å²) in [6.45, 7) is 2.47. The zero-order valence-corrected chi connectivity index (χ0v) is 11.7. The van der Waals surface area contributed by atoms with E-state index in [4.69, 9.17) is 0 Å². The molecule has 2 nitrogen and oxygen atoms in total. The van der Waals surface area contributed by atoms with Crippen molar-refractivity contribution in [1.82, 2.24) is 5.32 Å². The van der Waals surface area contributed by atoms with Crippen molar-refractivity contribution < 1.29 is 5.11 Å². The topological polar surface area (TPSA) is 32.3 Å². The SMILES string of the molecule is Cl.OCC1(CCCc2ccccc2)CCNCC1. The highest BCUT2D eigenvalue weighted by Gasteiger charge is 2.30. The van der Waals surface area contributed by atoms with E-state index in [1.54, 1.807) is 0 Å². The van der Waals surface area contributed by atoms with Gasteiger partial charge in [-0.1, -0.05) is 30.3 Å². The summed E-state index contributed by atoms with van der Waals surface area (Å²) >= 11 is 0. The minimum Gasteiger partial charge on any atom is -0.396 e. The van der Waals surface area contributed by atoms with Crippen LogP contribution in [0.3, 0.4) is 0 Å². The third-order valence-electron chi connectivity index (χ3n) is 4.02. The van der Waals surface area contributed by atoms with Gasteiger partial charge in [-0.05, 0) is 56.2 Å². The van der Waals surface area contributed by atoms with E-state index in [0.717, 1.165) is 38.8 Å². The van der Waals surface area contributed by atoms with Crippen LogP contribution in [0, 0.1) is 5.41 Å². The van der Waals surface area contributed by atoms with Gasteiger partial charge in [0.2, 0.25) is 0 Å². The van der Waals surface area contributed by atoms with E-state index >= 15 is 0 Å². The lowest BCUT2D eigenvalue weighted by atomic mass is 9.75. The van der Waals surface area contributed by atoms with Crippen LogP contribution in [-0.2, 0) is 6.42 Å². The average molecular weight is 270 g/mol. The maximum absolute atomic E-state index is 9.61. The Morgan fingerprint density at radius 3 is 2.39 bits per heavy atom. The Hall–Kier alpha value is -0.570. The van der Waals surface area contributed by atoms with Gasteiger partial charge >= 0.3 is 0 Å². The maximum atomic E-state index is 9.61. The van der Waals surface area contributed by atoms with Crippen molar-refractivity contribution in [3.8, 4) is 0 Å². The smallest absolute Gasteiger partial charge is 0.0488 e. The standard InChI is InChI=1S/C15H23NO.ClH/c17-13-15(9-11-16-12-10-15)8-4-7-14-5-2-1-3-6-14;/h1-3,5-6,16-17H,4,7-13H2;1H. The minimum absolute atomic E-state index is 0. The predicted molar refractivity (Wildman–Crippen MR) is 78.3 cm³/mol. The molecule has 0 unspecified atom stereocenters. The van der Waals surface area contributed by atoms with Gasteiger partial charge < -0.3 is 10.4 Å². The van der Waals surface area contributed by atoms with E-state index in [9.17, 15) is 5.11 Å². The number of benzene rings is 1. The first-order chi connectivity index (χ1) is 8.35. The number of halogens is 1. The summed E-state index contributed by atoms with van der Waals surface area (Å²) in [4.78, 5) is 0. The summed E-state index contributed by atoms with van der Waals surface area (Å²) in [5.74, 6) is 0. The highest BCUT2D eigenvalue weighted by atomic mass is 35.5. The lowest BCUT2D eigenvalue weighted by Gasteiger charge is -2.36. The van der Waals surface area contributed by atoms with Crippen molar-refractivity contribution >= 4 is 12.4 Å². The fourth-order valence-corrected chi connectivity index (χ4v) is 2.76. The zero-order chi connectivity index (χ0) is 12.0. The van der Waals surface area contributed by atoms with Crippen LogP contribution >= 0.6 is 12.4 Å². The van der Waals surface area contributed by atoms with Crippen LogP contribution in [0.1, 0.15) is 31.2 Å². The molecule has 1 heterocycles. The maximum Gasteiger partial charge on any atom is 0.0488 e. The van der Waals surface area contributed by atoms with Crippen molar-refractivity contribution in [3.05, 3.63) is 35.9 Å². The first-order valence-corrected chi connectivity index (χ1v) is 6.70. The summed E-state index contributed by atoms with van der Waals surface area (Å²) in [5.41, 5.74) is 1.61. The molecule has 0 bridgehead atoms. The Kier molecular flexibility index (Phi) is 6.69. The van der Waals surface area contributed by atoms with Crippen LogP contribution in [0.25, 0.3) is 0 Å². The lowest BCUT2D eigenvalue weighted by molar-refractivity contribution is 0.0783. The molecular weight excluding hydrogens is 246 g/mol. The molecule has 18 heavy (non-hydrogen) atoms. The van der Waals surface area contributed by atoms with Gasteiger partial charge in [0.1, 0.15) is 0 Å². The number of hydrogen-bond donors (Lipinski definition) is 2. The van der Waals surface area contributed by atoms with Gasteiger partial charge in [0.25, 0.3) is 0 Å². The monoisotopic (exact) mass is 269 g/mol. The van der Waals surface area contributed by atoms with Crippen LogP contribution < -0.4 is 5.32 Å². The summed E-state index contributed by atoms with van der Waals surface area (Å²) in [6, 6.07) is 10.6. The van der Waals surface area contributed by atoms with Crippen molar-refractivity contribution in [1.29, 1.82) is 0 Å². The molecule has 1 saturated heterocycles. The van der Waals surface area contributed by atoms with E-state index in [1.165, 1.54) is 12.0 Å².